The Labute approximate surface area is 170 Å². The largest absolute Gasteiger partial charge is 0.488 e. The van der Waals surface area contributed by atoms with Crippen LogP contribution in [0.1, 0.15) is 31.5 Å². The van der Waals surface area contributed by atoms with E-state index in [4.69, 9.17) is 25.4 Å². The highest BCUT2D eigenvalue weighted by Gasteiger charge is 2.24. The van der Waals surface area contributed by atoms with E-state index in [9.17, 15) is 0 Å². The van der Waals surface area contributed by atoms with Crippen molar-refractivity contribution in [3.63, 3.8) is 0 Å². The molecular weight excluding hydrogens is 370 g/mol. The average Bonchev–Trinajstić information content (AvgIpc) is 3.21. The summed E-state index contributed by atoms with van der Waals surface area (Å²) in [5, 5.41) is 8.69. The normalized spacial score (nSPS) is 24.5. The van der Waals surface area contributed by atoms with Crippen LogP contribution in [0, 0.1) is 5.41 Å². The Kier molecular flexibility index (Phi) is 5.64. The van der Waals surface area contributed by atoms with Crippen LogP contribution in [-0.2, 0) is 9.47 Å². The summed E-state index contributed by atoms with van der Waals surface area (Å²) in [4.78, 5) is 10.9. The summed E-state index contributed by atoms with van der Waals surface area (Å²) in [6.07, 6.45) is 2.65. The molecule has 0 bridgehead atoms. The predicted octanol–water partition coefficient (Wildman–Crippen LogP) is 2.26. The maximum atomic E-state index is 8.69. The number of anilines is 2. The highest BCUT2D eigenvalue weighted by molar-refractivity contribution is 6.13. The van der Waals surface area contributed by atoms with E-state index >= 15 is 0 Å². The van der Waals surface area contributed by atoms with E-state index < -0.39 is 0 Å². The molecule has 3 heterocycles. The SMILES string of the molecule is CC1CN(c2cc(C(=N)c3cc(OC4CCOC4)ccc3N)ncn2)CC(C)O1. The Balaban J connectivity index is 1.56. The fourth-order valence-corrected chi connectivity index (χ4v) is 3.78. The Morgan fingerprint density at radius 1 is 1.21 bits per heavy atom. The lowest BCUT2D eigenvalue weighted by molar-refractivity contribution is -0.00546. The standard InChI is InChI=1S/C21H27N5O3/c1-13-9-26(10-14(2)28-13)20-8-19(24-12-25-20)21(23)17-7-15(3-4-18(17)22)29-16-5-6-27-11-16/h3-4,7-8,12-14,16,23H,5-6,9-11,22H2,1-2H3. The molecule has 29 heavy (non-hydrogen) atoms. The van der Waals surface area contributed by atoms with Gasteiger partial charge < -0.3 is 24.8 Å². The van der Waals surface area contributed by atoms with Crippen LogP contribution < -0.4 is 15.4 Å². The van der Waals surface area contributed by atoms with E-state index in [0.717, 1.165) is 25.3 Å². The lowest BCUT2D eigenvalue weighted by Gasteiger charge is -2.36. The summed E-state index contributed by atoms with van der Waals surface area (Å²) in [5.74, 6) is 1.47. The van der Waals surface area contributed by atoms with Gasteiger partial charge in [0.15, 0.2) is 0 Å². The minimum atomic E-state index is 0.0385. The van der Waals surface area contributed by atoms with Crippen LogP contribution in [0.3, 0.4) is 0 Å². The third-order valence-electron chi connectivity index (χ3n) is 5.14. The molecule has 154 valence electrons. The molecule has 3 N–H and O–H groups in total. The number of hydrogen-bond acceptors (Lipinski definition) is 8. The van der Waals surface area contributed by atoms with Crippen molar-refractivity contribution in [1.82, 2.24) is 9.97 Å². The number of nitrogens with two attached hydrogens (primary N) is 1. The summed E-state index contributed by atoms with van der Waals surface area (Å²) in [6.45, 7) is 6.91. The van der Waals surface area contributed by atoms with E-state index in [2.05, 4.69) is 14.9 Å². The van der Waals surface area contributed by atoms with E-state index in [1.165, 1.54) is 6.33 Å². The van der Waals surface area contributed by atoms with Gasteiger partial charge >= 0.3 is 0 Å². The minimum Gasteiger partial charge on any atom is -0.488 e. The van der Waals surface area contributed by atoms with Crippen molar-refractivity contribution in [2.24, 2.45) is 0 Å². The van der Waals surface area contributed by atoms with Gasteiger partial charge in [0.25, 0.3) is 0 Å². The van der Waals surface area contributed by atoms with Crippen molar-refractivity contribution < 1.29 is 14.2 Å². The third-order valence-corrected chi connectivity index (χ3v) is 5.14. The molecule has 0 saturated carbocycles. The molecule has 2 saturated heterocycles. The molecule has 8 heteroatoms. The number of ether oxygens (including phenoxy) is 3. The Hall–Kier alpha value is -2.71. The summed E-state index contributed by atoms with van der Waals surface area (Å²) in [6, 6.07) is 7.23. The van der Waals surface area contributed by atoms with Gasteiger partial charge in [0.1, 0.15) is 24.0 Å². The minimum absolute atomic E-state index is 0.0385. The smallest absolute Gasteiger partial charge is 0.132 e. The van der Waals surface area contributed by atoms with Crippen LogP contribution in [0.5, 0.6) is 5.75 Å². The average molecular weight is 397 g/mol. The van der Waals surface area contributed by atoms with E-state index in [0.29, 0.717) is 35.9 Å². The number of nitrogens with one attached hydrogen (secondary N) is 1. The molecule has 2 aromatic rings. The van der Waals surface area contributed by atoms with Gasteiger partial charge in [-0.05, 0) is 32.0 Å². The molecule has 0 amide bonds. The molecule has 0 radical (unpaired) electrons. The van der Waals surface area contributed by atoms with Crippen molar-refractivity contribution >= 4 is 17.2 Å². The molecule has 2 aliphatic rings. The number of rotatable bonds is 5. The number of morpholine rings is 1. The van der Waals surface area contributed by atoms with Gasteiger partial charge in [-0.25, -0.2) is 9.97 Å². The van der Waals surface area contributed by atoms with Crippen LogP contribution in [0.2, 0.25) is 0 Å². The highest BCUT2D eigenvalue weighted by Crippen LogP contribution is 2.25. The highest BCUT2D eigenvalue weighted by atomic mass is 16.5. The van der Waals surface area contributed by atoms with Gasteiger partial charge in [-0.1, -0.05) is 0 Å². The molecule has 0 aliphatic carbocycles. The van der Waals surface area contributed by atoms with Gasteiger partial charge in [0.2, 0.25) is 0 Å². The molecule has 2 fully saturated rings. The van der Waals surface area contributed by atoms with Gasteiger partial charge in [0, 0.05) is 36.8 Å². The Bertz CT molecular complexity index is 874. The van der Waals surface area contributed by atoms with Gasteiger partial charge in [-0.15, -0.1) is 0 Å². The zero-order chi connectivity index (χ0) is 20.4. The fraction of sp³-hybridized carbons (Fsp3) is 0.476. The van der Waals surface area contributed by atoms with Gasteiger partial charge in [-0.3, -0.25) is 5.41 Å². The summed E-state index contributed by atoms with van der Waals surface area (Å²) >= 11 is 0. The Morgan fingerprint density at radius 3 is 2.72 bits per heavy atom. The molecule has 0 spiro atoms. The first kappa shape index (κ1) is 19.6. The molecule has 3 atom stereocenters. The number of hydrogen-bond donors (Lipinski definition) is 2. The Morgan fingerprint density at radius 2 is 2.00 bits per heavy atom. The second-order valence-corrected chi connectivity index (χ2v) is 7.65. The van der Waals surface area contributed by atoms with Crippen LogP contribution in [0.15, 0.2) is 30.6 Å². The van der Waals surface area contributed by atoms with Gasteiger partial charge in [0.05, 0.1) is 36.8 Å². The molecule has 4 rings (SSSR count). The second kappa shape index (κ2) is 8.34. The zero-order valence-corrected chi connectivity index (χ0v) is 16.8. The van der Waals surface area contributed by atoms with Crippen molar-refractivity contribution in [2.75, 3.05) is 36.9 Å². The molecule has 8 nitrogen and oxygen atoms in total. The van der Waals surface area contributed by atoms with Gasteiger partial charge in [-0.2, -0.15) is 0 Å². The topological polar surface area (TPSA) is 107 Å². The summed E-state index contributed by atoms with van der Waals surface area (Å²) < 4.78 is 17.1. The van der Waals surface area contributed by atoms with E-state index in [-0.39, 0.29) is 24.0 Å². The maximum absolute atomic E-state index is 8.69. The third kappa shape index (κ3) is 4.49. The van der Waals surface area contributed by atoms with Crippen LogP contribution in [0.25, 0.3) is 0 Å². The van der Waals surface area contributed by atoms with Crippen LogP contribution >= 0.6 is 0 Å². The summed E-state index contributed by atoms with van der Waals surface area (Å²) in [7, 11) is 0. The first-order chi connectivity index (χ1) is 14.0. The quantitative estimate of drug-likeness (QED) is 0.589. The monoisotopic (exact) mass is 397 g/mol. The molecule has 1 aromatic heterocycles. The summed E-state index contributed by atoms with van der Waals surface area (Å²) in [5.41, 5.74) is 8.03. The molecule has 2 aliphatic heterocycles. The lowest BCUT2D eigenvalue weighted by Crippen LogP contribution is -2.45. The first-order valence-electron chi connectivity index (χ1n) is 9.95. The van der Waals surface area contributed by atoms with Crippen LogP contribution in [0.4, 0.5) is 11.5 Å². The van der Waals surface area contributed by atoms with E-state index in [1.54, 1.807) is 12.1 Å². The number of aromatic nitrogens is 2. The predicted molar refractivity (Wildman–Crippen MR) is 111 cm³/mol. The number of benzene rings is 1. The molecule has 3 unspecified atom stereocenters. The molecule has 1 aromatic carbocycles. The van der Waals surface area contributed by atoms with Crippen molar-refractivity contribution in [2.45, 2.75) is 38.6 Å². The van der Waals surface area contributed by atoms with E-state index in [1.807, 2.05) is 26.0 Å². The van der Waals surface area contributed by atoms with Crippen LogP contribution in [-0.4, -0.2) is 60.3 Å². The second-order valence-electron chi connectivity index (χ2n) is 7.65. The number of nitrogens with zero attached hydrogens (tertiary/aromatic N) is 3. The van der Waals surface area contributed by atoms with Crippen molar-refractivity contribution in [1.29, 1.82) is 5.41 Å². The van der Waals surface area contributed by atoms with Crippen molar-refractivity contribution in [3.8, 4) is 5.75 Å². The number of nitrogen functional groups attached to an aromatic ring is 1. The maximum Gasteiger partial charge on any atom is 0.132 e. The van der Waals surface area contributed by atoms with Crippen molar-refractivity contribution in [3.05, 3.63) is 41.9 Å². The fourth-order valence-electron chi connectivity index (χ4n) is 3.78. The molecular formula is C21H27N5O3. The zero-order valence-electron chi connectivity index (χ0n) is 16.8. The first-order valence-corrected chi connectivity index (χ1v) is 9.95. The lowest BCUT2D eigenvalue weighted by atomic mass is 10.0.